The summed E-state index contributed by atoms with van der Waals surface area (Å²) in [5.74, 6) is 1.01. The van der Waals surface area contributed by atoms with E-state index in [1.807, 2.05) is 24.3 Å². The van der Waals surface area contributed by atoms with Gasteiger partial charge in [0.15, 0.2) is 0 Å². The molecule has 6 rings (SSSR count). The number of para-hydroxylation sites is 1. The Morgan fingerprint density at radius 3 is 2.56 bits per heavy atom. The Morgan fingerprint density at radius 1 is 1.22 bits per heavy atom. The molecule has 0 aliphatic heterocycles. The quantitative estimate of drug-likeness (QED) is 0.239. The Kier molecular flexibility index (Phi) is 8.18. The Balaban J connectivity index is 1.48. The summed E-state index contributed by atoms with van der Waals surface area (Å²) >= 11 is 1.21. The van der Waals surface area contributed by atoms with Gasteiger partial charge in [-0.2, -0.15) is 5.26 Å². The van der Waals surface area contributed by atoms with E-state index in [0.717, 1.165) is 35.8 Å². The maximum absolute atomic E-state index is 14.3. The van der Waals surface area contributed by atoms with Crippen LogP contribution in [-0.2, 0) is 21.6 Å². The van der Waals surface area contributed by atoms with Gasteiger partial charge in [-0.15, -0.1) is 11.3 Å². The molecule has 2 unspecified atom stereocenters. The van der Waals surface area contributed by atoms with Crippen molar-refractivity contribution in [2.45, 2.75) is 77.2 Å². The number of nitrogens with zero attached hydrogens (tertiary/aromatic N) is 4. The highest BCUT2D eigenvalue weighted by atomic mass is 32.1. The van der Waals surface area contributed by atoms with Crippen LogP contribution in [0.15, 0.2) is 50.7 Å². The number of oxazole rings is 1. The largest absolute Gasteiger partial charge is 0.496 e. The van der Waals surface area contributed by atoms with Gasteiger partial charge in [-0.25, -0.2) is 19.1 Å². The minimum absolute atomic E-state index is 0.0134. The summed E-state index contributed by atoms with van der Waals surface area (Å²) in [4.78, 5) is 45.8. The number of thiophene rings is 1. The van der Waals surface area contributed by atoms with Crippen molar-refractivity contribution < 1.29 is 23.8 Å². The summed E-state index contributed by atoms with van der Waals surface area (Å²) in [6.45, 7) is 4.45. The fourth-order valence-electron chi connectivity index (χ4n) is 7.27. The number of fused-ring (bicyclic) bond motifs is 2. The van der Waals surface area contributed by atoms with Crippen LogP contribution in [0.3, 0.4) is 0 Å². The first kappa shape index (κ1) is 30.8. The van der Waals surface area contributed by atoms with Gasteiger partial charge in [-0.05, 0) is 75.8 Å². The van der Waals surface area contributed by atoms with Gasteiger partial charge in [0.05, 0.1) is 42.3 Å². The number of aromatic nitrogens is 3. The van der Waals surface area contributed by atoms with Crippen molar-refractivity contribution in [2.75, 3.05) is 7.11 Å². The molecule has 0 saturated heterocycles. The van der Waals surface area contributed by atoms with E-state index in [1.54, 1.807) is 14.0 Å². The van der Waals surface area contributed by atoms with Crippen molar-refractivity contribution in [3.8, 4) is 22.6 Å². The maximum atomic E-state index is 14.3. The highest BCUT2D eigenvalue weighted by molar-refractivity contribution is 7.22. The van der Waals surface area contributed by atoms with E-state index in [1.165, 1.54) is 42.2 Å². The molecule has 11 nitrogen and oxygen atoms in total. The fraction of sp³-hybridized carbons (Fsp3) is 0.485. The number of hydrogen-bond donors (Lipinski definition) is 1. The molecule has 1 N–H and O–H groups in total. The normalized spacial score (nSPS) is 21.9. The minimum Gasteiger partial charge on any atom is -0.496 e. The van der Waals surface area contributed by atoms with Crippen molar-refractivity contribution in [2.24, 2.45) is 17.8 Å². The molecule has 45 heavy (non-hydrogen) atoms. The Bertz CT molecular complexity index is 1880. The monoisotopic (exact) mass is 632 g/mol. The van der Waals surface area contributed by atoms with Gasteiger partial charge in [0, 0.05) is 12.0 Å². The number of aliphatic carboxylic acids is 1. The number of ether oxygens (including phenoxy) is 2. The van der Waals surface area contributed by atoms with Gasteiger partial charge in [0.1, 0.15) is 28.5 Å². The number of carboxylic acid groups (broad SMARTS) is 1. The number of aryl methyl sites for hydroxylation is 1. The lowest BCUT2D eigenvalue weighted by atomic mass is 10.00. The van der Waals surface area contributed by atoms with E-state index >= 15 is 0 Å². The highest BCUT2D eigenvalue weighted by Crippen LogP contribution is 2.50. The molecule has 0 bridgehead atoms. The van der Waals surface area contributed by atoms with Crippen LogP contribution in [0, 0.1) is 36.0 Å². The third-order valence-corrected chi connectivity index (χ3v) is 10.9. The zero-order chi connectivity index (χ0) is 32.0. The smallest absolute Gasteiger partial charge is 0.333 e. The fourth-order valence-corrected chi connectivity index (χ4v) is 8.52. The molecular weight excluding hydrogens is 596 g/mol. The molecule has 0 amide bonds. The lowest BCUT2D eigenvalue weighted by molar-refractivity contribution is -0.146. The summed E-state index contributed by atoms with van der Waals surface area (Å²) in [6, 6.07) is 9.80. The van der Waals surface area contributed by atoms with E-state index in [0.29, 0.717) is 51.1 Å². The Labute approximate surface area is 263 Å². The molecular formula is C33H36N4O7S. The average molecular weight is 633 g/mol. The van der Waals surface area contributed by atoms with Crippen LogP contribution in [0.1, 0.15) is 63.2 Å². The predicted octanol–water partition coefficient (Wildman–Crippen LogP) is 5.49. The molecule has 1 aromatic carbocycles. The van der Waals surface area contributed by atoms with Gasteiger partial charge in [0.2, 0.25) is 5.89 Å². The second-order valence-electron chi connectivity index (χ2n) is 12.7. The number of carboxylic acids is 1. The molecule has 3 aromatic heterocycles. The summed E-state index contributed by atoms with van der Waals surface area (Å²) in [7, 11) is 1.58. The van der Waals surface area contributed by atoms with E-state index < -0.39 is 28.9 Å². The third-order valence-electron chi connectivity index (χ3n) is 9.56. The van der Waals surface area contributed by atoms with Crippen LogP contribution in [-0.4, -0.2) is 38.4 Å². The van der Waals surface area contributed by atoms with Crippen LogP contribution in [0.2, 0.25) is 0 Å². The zero-order valence-electron chi connectivity index (χ0n) is 25.7. The molecule has 0 radical (unpaired) electrons. The second-order valence-corrected chi connectivity index (χ2v) is 13.7. The van der Waals surface area contributed by atoms with Crippen molar-refractivity contribution in [1.29, 1.82) is 5.26 Å². The molecule has 2 saturated carbocycles. The molecule has 2 aliphatic carbocycles. The van der Waals surface area contributed by atoms with E-state index in [4.69, 9.17) is 13.9 Å². The molecule has 5 atom stereocenters. The van der Waals surface area contributed by atoms with Gasteiger partial charge >= 0.3 is 11.7 Å². The number of benzene rings is 1. The number of hydrogen-bond acceptors (Lipinski definition) is 9. The molecule has 4 aromatic rings. The van der Waals surface area contributed by atoms with Gasteiger partial charge in [-0.1, -0.05) is 18.2 Å². The average Bonchev–Trinajstić information content (AvgIpc) is 3.79. The second kappa shape index (κ2) is 11.9. The van der Waals surface area contributed by atoms with Gasteiger partial charge < -0.3 is 19.0 Å². The maximum Gasteiger partial charge on any atom is 0.333 e. The predicted molar refractivity (Wildman–Crippen MR) is 167 cm³/mol. The summed E-state index contributed by atoms with van der Waals surface area (Å²) in [5.41, 5.74) is -1.96. The summed E-state index contributed by atoms with van der Waals surface area (Å²) in [5, 5.41) is 19.5. The number of carbonyl (C=O) groups is 1. The SMILES string of the molecule is COc1ccccc1C(Cn1c(=O)n(C(C)(C)C(=O)O)c(=O)c2c(C)c(-c3ncco3)sc21)O[C@H]1C[C@H]2CC(CC#N)C[C@H]2C1. The molecule has 0 spiro atoms. The number of rotatable bonds is 10. The Morgan fingerprint density at radius 2 is 1.93 bits per heavy atom. The van der Waals surface area contributed by atoms with Crippen molar-refractivity contribution in [3.63, 3.8) is 0 Å². The van der Waals surface area contributed by atoms with Gasteiger partial charge in [-0.3, -0.25) is 9.36 Å². The van der Waals surface area contributed by atoms with Crippen LogP contribution in [0.4, 0.5) is 0 Å². The van der Waals surface area contributed by atoms with Crippen LogP contribution in [0.25, 0.3) is 21.0 Å². The molecule has 3 heterocycles. The van der Waals surface area contributed by atoms with Crippen LogP contribution in [0.5, 0.6) is 5.75 Å². The van der Waals surface area contributed by atoms with Crippen molar-refractivity contribution in [1.82, 2.24) is 14.1 Å². The van der Waals surface area contributed by atoms with Crippen LogP contribution < -0.4 is 16.0 Å². The molecule has 2 fully saturated rings. The van der Waals surface area contributed by atoms with E-state index in [2.05, 4.69) is 11.1 Å². The highest BCUT2D eigenvalue weighted by Gasteiger charge is 2.43. The molecule has 2 aliphatic rings. The van der Waals surface area contributed by atoms with Crippen molar-refractivity contribution >= 4 is 27.5 Å². The molecule has 236 valence electrons. The van der Waals surface area contributed by atoms with E-state index in [-0.39, 0.29) is 18.0 Å². The number of methoxy groups -OCH3 is 1. The zero-order valence-corrected chi connectivity index (χ0v) is 26.5. The first-order chi connectivity index (χ1) is 21.5. The minimum atomic E-state index is -1.83. The van der Waals surface area contributed by atoms with Gasteiger partial charge in [0.25, 0.3) is 5.56 Å². The van der Waals surface area contributed by atoms with Crippen molar-refractivity contribution in [3.05, 3.63) is 68.7 Å². The third kappa shape index (κ3) is 5.38. The Hall–Kier alpha value is -4.21. The first-order valence-corrected chi connectivity index (χ1v) is 15.9. The van der Waals surface area contributed by atoms with E-state index in [9.17, 15) is 24.8 Å². The number of nitriles is 1. The standard InChI is InChI=1S/C33H36N4O7S/c1-18-26-29(38)37(33(2,3)31(39)40)32(41)36(30(26)45-27(18)28-35-11-12-43-28)17-25(23-7-5-6-8-24(23)42-4)44-22-15-20-13-19(9-10-34)14-21(20)16-22/h5-8,11-12,19-22,25H,9,13-17H2,1-4H3,(H,39,40)/t19?,20-,21+,22+,25?. The molecule has 12 heteroatoms. The topological polar surface area (TPSA) is 150 Å². The summed E-state index contributed by atoms with van der Waals surface area (Å²) in [6.07, 6.45) is 6.56. The van der Waals surface area contributed by atoms with Crippen LogP contribution >= 0.6 is 11.3 Å². The lowest BCUT2D eigenvalue weighted by Gasteiger charge is -2.27. The summed E-state index contributed by atoms with van der Waals surface area (Å²) < 4.78 is 20.4. The first-order valence-electron chi connectivity index (χ1n) is 15.1. The lowest BCUT2D eigenvalue weighted by Crippen LogP contribution is -2.52.